The summed E-state index contributed by atoms with van der Waals surface area (Å²) >= 11 is 9.59. The van der Waals surface area contributed by atoms with Gasteiger partial charge in [-0.2, -0.15) is 0 Å². The molecular formula is C26H14ClIN2O4S. The summed E-state index contributed by atoms with van der Waals surface area (Å²) in [5.74, 6) is -1.81. The average molecular weight is 613 g/mol. The van der Waals surface area contributed by atoms with E-state index in [1.165, 1.54) is 16.2 Å². The van der Waals surface area contributed by atoms with Crippen LogP contribution >= 0.6 is 45.5 Å². The highest BCUT2D eigenvalue weighted by molar-refractivity contribution is 14.1. The minimum atomic E-state index is -0.878. The van der Waals surface area contributed by atoms with Crippen molar-refractivity contribution in [3.8, 4) is 0 Å². The van der Waals surface area contributed by atoms with E-state index in [1.54, 1.807) is 30.3 Å². The Kier molecular flexibility index (Phi) is 5.39. The molecule has 0 aliphatic carbocycles. The van der Waals surface area contributed by atoms with Gasteiger partial charge in [0.2, 0.25) is 5.78 Å². The fourth-order valence-electron chi connectivity index (χ4n) is 4.21. The zero-order valence-corrected chi connectivity index (χ0v) is 21.5. The molecule has 1 aliphatic heterocycles. The number of halogens is 2. The van der Waals surface area contributed by atoms with Gasteiger partial charge in [0, 0.05) is 14.0 Å². The SMILES string of the molecule is O=C(C1=C(O)C(=O)N(c2nc3ccc(Cl)cc3s2)C1c1ccc(I)cc1)c1cc2ccccc2o1. The maximum Gasteiger partial charge on any atom is 0.296 e. The predicted molar refractivity (Wildman–Crippen MR) is 144 cm³/mol. The number of rotatable bonds is 4. The molecule has 9 heteroatoms. The van der Waals surface area contributed by atoms with Crippen LogP contribution in [-0.4, -0.2) is 21.8 Å². The largest absolute Gasteiger partial charge is 0.503 e. The normalized spacial score (nSPS) is 16.1. The van der Waals surface area contributed by atoms with E-state index in [4.69, 9.17) is 16.0 Å². The number of ketones is 1. The molecule has 1 N–H and O–H groups in total. The van der Waals surface area contributed by atoms with Crippen LogP contribution in [0.2, 0.25) is 5.02 Å². The number of aliphatic hydroxyl groups is 1. The fourth-order valence-corrected chi connectivity index (χ4v) is 5.84. The monoisotopic (exact) mass is 612 g/mol. The first-order chi connectivity index (χ1) is 16.9. The van der Waals surface area contributed by atoms with E-state index < -0.39 is 23.5 Å². The number of anilines is 1. The second-order valence-electron chi connectivity index (χ2n) is 7.98. The lowest BCUT2D eigenvalue weighted by atomic mass is 9.95. The number of fused-ring (bicyclic) bond motifs is 2. The first-order valence-corrected chi connectivity index (χ1v) is 12.8. The molecule has 35 heavy (non-hydrogen) atoms. The zero-order chi connectivity index (χ0) is 24.3. The number of nitrogens with zero attached hydrogens (tertiary/aromatic N) is 2. The Morgan fingerprint density at radius 3 is 2.63 bits per heavy atom. The van der Waals surface area contributed by atoms with E-state index in [0.717, 1.165) is 13.7 Å². The molecule has 3 heterocycles. The van der Waals surface area contributed by atoms with Crippen LogP contribution in [0.5, 0.6) is 0 Å². The van der Waals surface area contributed by atoms with Crippen molar-refractivity contribution >= 4 is 83.5 Å². The van der Waals surface area contributed by atoms with Crippen LogP contribution in [0.1, 0.15) is 22.2 Å². The molecule has 0 fully saturated rings. The Morgan fingerprint density at radius 1 is 1.09 bits per heavy atom. The lowest BCUT2D eigenvalue weighted by Crippen LogP contribution is -2.30. The maximum atomic E-state index is 13.7. The van der Waals surface area contributed by atoms with Crippen LogP contribution in [0.4, 0.5) is 5.13 Å². The number of carbonyl (C=O) groups excluding carboxylic acids is 2. The Hall–Kier alpha value is -3.21. The quantitative estimate of drug-likeness (QED) is 0.173. The molecule has 0 spiro atoms. The van der Waals surface area contributed by atoms with Crippen molar-refractivity contribution in [2.75, 3.05) is 4.90 Å². The zero-order valence-electron chi connectivity index (χ0n) is 17.7. The van der Waals surface area contributed by atoms with Crippen LogP contribution in [-0.2, 0) is 4.79 Å². The summed E-state index contributed by atoms with van der Waals surface area (Å²) in [6.07, 6.45) is 0. The second kappa shape index (κ2) is 8.47. The van der Waals surface area contributed by atoms with Crippen LogP contribution in [0.3, 0.4) is 0 Å². The van der Waals surface area contributed by atoms with Gasteiger partial charge >= 0.3 is 0 Å². The summed E-state index contributed by atoms with van der Waals surface area (Å²) in [4.78, 5) is 33.1. The predicted octanol–water partition coefficient (Wildman–Crippen LogP) is 7.08. The topological polar surface area (TPSA) is 83.6 Å². The molecule has 3 aromatic carbocycles. The van der Waals surface area contributed by atoms with E-state index in [2.05, 4.69) is 27.6 Å². The van der Waals surface area contributed by atoms with Crippen LogP contribution in [0, 0.1) is 3.57 Å². The highest BCUT2D eigenvalue weighted by atomic mass is 127. The molecule has 5 aromatic rings. The average Bonchev–Trinajstić information content (AvgIpc) is 3.53. The lowest BCUT2D eigenvalue weighted by Gasteiger charge is -2.24. The first-order valence-electron chi connectivity index (χ1n) is 10.5. The third kappa shape index (κ3) is 3.72. The Balaban J connectivity index is 1.51. The maximum absolute atomic E-state index is 13.7. The minimum absolute atomic E-state index is 0.0486. The van der Waals surface area contributed by atoms with Crippen LogP contribution < -0.4 is 4.90 Å². The Morgan fingerprint density at radius 2 is 1.86 bits per heavy atom. The smallest absolute Gasteiger partial charge is 0.296 e. The van der Waals surface area contributed by atoms with E-state index in [-0.39, 0.29) is 11.3 Å². The van der Waals surface area contributed by atoms with Crippen molar-refractivity contribution in [3.63, 3.8) is 0 Å². The van der Waals surface area contributed by atoms with Gasteiger partial charge in [0.1, 0.15) is 5.58 Å². The summed E-state index contributed by atoms with van der Waals surface area (Å²) in [5.41, 5.74) is 1.83. The van der Waals surface area contributed by atoms with Crippen molar-refractivity contribution < 1.29 is 19.1 Å². The van der Waals surface area contributed by atoms with E-state index >= 15 is 0 Å². The number of amides is 1. The molecular weight excluding hydrogens is 599 g/mol. The van der Waals surface area contributed by atoms with Gasteiger partial charge in [-0.05, 0) is 70.6 Å². The number of furan rings is 1. The third-order valence-corrected chi connectivity index (χ3v) is 7.80. The molecule has 0 radical (unpaired) electrons. The molecule has 1 atom stereocenters. The first kappa shape index (κ1) is 22.3. The molecule has 1 amide bonds. The van der Waals surface area contributed by atoms with Crippen LogP contribution in [0.25, 0.3) is 21.2 Å². The summed E-state index contributed by atoms with van der Waals surface area (Å²) in [7, 11) is 0. The molecule has 2 aromatic heterocycles. The van der Waals surface area contributed by atoms with Gasteiger partial charge in [-0.25, -0.2) is 4.98 Å². The van der Waals surface area contributed by atoms with Gasteiger partial charge in [0.25, 0.3) is 5.91 Å². The number of benzene rings is 3. The van der Waals surface area contributed by atoms with Crippen molar-refractivity contribution in [1.82, 2.24) is 4.98 Å². The van der Waals surface area contributed by atoms with Gasteiger partial charge in [0.05, 0.1) is 21.8 Å². The van der Waals surface area contributed by atoms with E-state index in [1.807, 2.05) is 42.5 Å². The van der Waals surface area contributed by atoms with Crippen molar-refractivity contribution in [2.45, 2.75) is 6.04 Å². The molecule has 172 valence electrons. The number of hydrogen-bond donors (Lipinski definition) is 1. The summed E-state index contributed by atoms with van der Waals surface area (Å²) < 4.78 is 7.56. The number of hydrogen-bond acceptors (Lipinski definition) is 6. The van der Waals surface area contributed by atoms with Crippen molar-refractivity contribution in [1.29, 1.82) is 0 Å². The number of aromatic nitrogens is 1. The van der Waals surface area contributed by atoms with Gasteiger partial charge in [-0.15, -0.1) is 0 Å². The number of aliphatic hydroxyl groups excluding tert-OH is 1. The fraction of sp³-hybridized carbons (Fsp3) is 0.0385. The molecule has 0 saturated heterocycles. The van der Waals surface area contributed by atoms with Gasteiger partial charge < -0.3 is 9.52 Å². The summed E-state index contributed by atoms with van der Waals surface area (Å²) in [6.45, 7) is 0. The highest BCUT2D eigenvalue weighted by Gasteiger charge is 2.46. The molecule has 0 saturated carbocycles. The van der Waals surface area contributed by atoms with E-state index in [9.17, 15) is 14.7 Å². The number of carbonyl (C=O) groups is 2. The minimum Gasteiger partial charge on any atom is -0.503 e. The van der Waals surface area contributed by atoms with E-state index in [0.29, 0.717) is 26.8 Å². The summed E-state index contributed by atoms with van der Waals surface area (Å²) in [5, 5.41) is 12.6. The molecule has 1 unspecified atom stereocenters. The number of para-hydroxylation sites is 1. The molecule has 1 aliphatic rings. The Labute approximate surface area is 221 Å². The highest BCUT2D eigenvalue weighted by Crippen LogP contribution is 2.44. The third-order valence-electron chi connectivity index (χ3n) is 5.83. The number of Topliss-reactive ketones (excluding diaryl/α,β-unsaturated/α-hetero) is 1. The van der Waals surface area contributed by atoms with Gasteiger partial charge in [-0.1, -0.05) is 53.3 Å². The summed E-state index contributed by atoms with van der Waals surface area (Å²) in [6, 6.07) is 20.7. The van der Waals surface area contributed by atoms with Gasteiger partial charge in [0.15, 0.2) is 16.7 Å². The molecule has 6 nitrogen and oxygen atoms in total. The van der Waals surface area contributed by atoms with Crippen molar-refractivity contribution in [3.05, 3.63) is 104 Å². The Bertz CT molecular complexity index is 1660. The lowest BCUT2D eigenvalue weighted by molar-refractivity contribution is -0.117. The number of thiazole rings is 1. The van der Waals surface area contributed by atoms with Gasteiger partial charge in [-0.3, -0.25) is 14.5 Å². The second-order valence-corrected chi connectivity index (χ2v) is 10.7. The standard InChI is InChI=1S/C26H14ClIN2O4S/c27-15-7-10-17-20(12-15)35-26(29-17)30-22(13-5-8-16(28)9-6-13)21(24(32)25(30)33)23(31)19-11-14-3-1-2-4-18(14)34-19/h1-12,22,32H. The molecule has 0 bridgehead atoms. The molecule has 6 rings (SSSR count). The van der Waals surface area contributed by atoms with Crippen molar-refractivity contribution in [2.24, 2.45) is 0 Å². The van der Waals surface area contributed by atoms with Crippen LogP contribution in [0.15, 0.2) is 88.5 Å².